The van der Waals surface area contributed by atoms with E-state index in [2.05, 4.69) is 12.2 Å². The maximum absolute atomic E-state index is 12.1. The van der Waals surface area contributed by atoms with E-state index in [0.717, 1.165) is 12.5 Å². The van der Waals surface area contributed by atoms with E-state index in [1.807, 2.05) is 6.92 Å². The van der Waals surface area contributed by atoms with Gasteiger partial charge in [-0.1, -0.05) is 6.92 Å². The molecule has 1 saturated heterocycles. The summed E-state index contributed by atoms with van der Waals surface area (Å²) < 4.78 is 0. The minimum Gasteiger partial charge on any atom is -0.481 e. The number of urea groups is 1. The van der Waals surface area contributed by atoms with Gasteiger partial charge in [-0.2, -0.15) is 0 Å². The Morgan fingerprint density at radius 3 is 2.58 bits per heavy atom. The number of carboxylic acid groups (broad SMARTS) is 1. The van der Waals surface area contributed by atoms with Crippen LogP contribution < -0.4 is 5.32 Å². The van der Waals surface area contributed by atoms with Gasteiger partial charge in [-0.05, 0) is 44.4 Å². The van der Waals surface area contributed by atoms with Crippen molar-refractivity contribution in [3.8, 4) is 0 Å². The third-order valence-corrected chi connectivity index (χ3v) is 4.49. The van der Waals surface area contributed by atoms with Crippen molar-refractivity contribution in [3.63, 3.8) is 0 Å². The minimum absolute atomic E-state index is 0.00563. The smallest absolute Gasteiger partial charge is 0.317 e. The summed E-state index contributed by atoms with van der Waals surface area (Å²) in [5, 5.41) is 12.0. The van der Waals surface area contributed by atoms with E-state index >= 15 is 0 Å². The minimum atomic E-state index is -0.741. The molecule has 108 valence electrons. The van der Waals surface area contributed by atoms with E-state index < -0.39 is 5.97 Å². The predicted molar refractivity (Wildman–Crippen MR) is 71.8 cm³/mol. The first-order valence-corrected chi connectivity index (χ1v) is 7.26. The summed E-state index contributed by atoms with van der Waals surface area (Å²) in [7, 11) is 0. The van der Waals surface area contributed by atoms with Crippen LogP contribution in [0.2, 0.25) is 0 Å². The Kier molecular flexibility index (Phi) is 4.32. The van der Waals surface area contributed by atoms with E-state index in [9.17, 15) is 9.59 Å². The molecule has 5 nitrogen and oxygen atoms in total. The summed E-state index contributed by atoms with van der Waals surface area (Å²) in [6.07, 6.45) is 3.70. The zero-order chi connectivity index (χ0) is 14.0. The van der Waals surface area contributed by atoms with Crippen molar-refractivity contribution in [3.05, 3.63) is 0 Å². The van der Waals surface area contributed by atoms with Crippen LogP contribution in [0.1, 0.15) is 39.5 Å². The lowest BCUT2D eigenvalue weighted by molar-refractivity contribution is -0.143. The second-order valence-corrected chi connectivity index (χ2v) is 6.10. The second kappa shape index (κ2) is 5.80. The number of amides is 2. The highest BCUT2D eigenvalue weighted by Crippen LogP contribution is 2.36. The second-order valence-electron chi connectivity index (χ2n) is 6.10. The van der Waals surface area contributed by atoms with E-state index in [-0.39, 0.29) is 18.0 Å². The van der Waals surface area contributed by atoms with Crippen molar-refractivity contribution in [2.45, 2.75) is 45.6 Å². The Hall–Kier alpha value is -1.26. The van der Waals surface area contributed by atoms with Crippen LogP contribution in [0.4, 0.5) is 4.79 Å². The monoisotopic (exact) mass is 268 g/mol. The Morgan fingerprint density at radius 2 is 2.05 bits per heavy atom. The molecule has 1 aliphatic carbocycles. The van der Waals surface area contributed by atoms with Gasteiger partial charge < -0.3 is 15.3 Å². The molecule has 3 unspecified atom stereocenters. The zero-order valence-electron chi connectivity index (χ0n) is 11.8. The zero-order valence-corrected chi connectivity index (χ0v) is 11.8. The van der Waals surface area contributed by atoms with Crippen LogP contribution in [0.15, 0.2) is 0 Å². The molecule has 19 heavy (non-hydrogen) atoms. The molecule has 2 amide bonds. The maximum atomic E-state index is 12.1. The van der Waals surface area contributed by atoms with Crippen LogP contribution in [-0.4, -0.2) is 41.1 Å². The summed E-state index contributed by atoms with van der Waals surface area (Å²) >= 11 is 0. The molecule has 0 aromatic rings. The molecule has 0 aromatic carbocycles. The molecule has 1 aliphatic heterocycles. The van der Waals surface area contributed by atoms with E-state index in [0.29, 0.717) is 25.3 Å². The predicted octanol–water partition coefficient (Wildman–Crippen LogP) is 1.93. The first kappa shape index (κ1) is 14.2. The SMILES string of the molecule is CC(CNC(=O)N1CCC(C(=O)O)CC1C)C1CC1. The molecule has 2 aliphatic rings. The highest BCUT2D eigenvalue weighted by molar-refractivity contribution is 5.75. The number of carboxylic acids is 1. The van der Waals surface area contributed by atoms with E-state index in [4.69, 9.17) is 5.11 Å². The Bertz CT molecular complexity index is 355. The maximum Gasteiger partial charge on any atom is 0.317 e. The number of piperidine rings is 1. The third-order valence-electron chi connectivity index (χ3n) is 4.49. The summed E-state index contributed by atoms with van der Waals surface area (Å²) in [5.74, 6) is 0.296. The average Bonchev–Trinajstić information content (AvgIpc) is 3.19. The molecular formula is C14H24N2O3. The highest BCUT2D eigenvalue weighted by Gasteiger charge is 2.33. The van der Waals surface area contributed by atoms with Crippen molar-refractivity contribution in [2.75, 3.05) is 13.1 Å². The number of carbonyl (C=O) groups is 2. The summed E-state index contributed by atoms with van der Waals surface area (Å²) in [5.41, 5.74) is 0. The number of likely N-dealkylation sites (tertiary alicyclic amines) is 1. The molecule has 5 heteroatoms. The van der Waals surface area contributed by atoms with Crippen LogP contribution in [0, 0.1) is 17.8 Å². The van der Waals surface area contributed by atoms with Crippen LogP contribution in [-0.2, 0) is 4.79 Å². The fourth-order valence-electron chi connectivity index (χ4n) is 2.88. The largest absolute Gasteiger partial charge is 0.481 e. The Labute approximate surface area is 114 Å². The van der Waals surface area contributed by atoms with Gasteiger partial charge in [0, 0.05) is 19.1 Å². The molecule has 1 heterocycles. The molecule has 2 fully saturated rings. The number of rotatable bonds is 4. The van der Waals surface area contributed by atoms with Crippen molar-refractivity contribution in [1.82, 2.24) is 10.2 Å². The number of hydrogen-bond acceptors (Lipinski definition) is 2. The quantitative estimate of drug-likeness (QED) is 0.818. The molecular weight excluding hydrogens is 244 g/mol. The van der Waals surface area contributed by atoms with Crippen LogP contribution in [0.5, 0.6) is 0 Å². The van der Waals surface area contributed by atoms with Gasteiger partial charge in [0.25, 0.3) is 0 Å². The van der Waals surface area contributed by atoms with Crippen molar-refractivity contribution in [1.29, 1.82) is 0 Å². The highest BCUT2D eigenvalue weighted by atomic mass is 16.4. The standard InChI is InChI=1S/C14H24N2O3/c1-9(11-3-4-11)8-15-14(19)16-6-5-12(13(17)18)7-10(16)2/h9-12H,3-8H2,1-2H3,(H,15,19)(H,17,18). The van der Waals surface area contributed by atoms with Crippen molar-refractivity contribution < 1.29 is 14.7 Å². The first-order chi connectivity index (χ1) is 8.99. The molecule has 0 bridgehead atoms. The number of aliphatic carboxylic acids is 1. The van der Waals surface area contributed by atoms with E-state index in [1.54, 1.807) is 4.90 Å². The lowest BCUT2D eigenvalue weighted by Gasteiger charge is -2.36. The van der Waals surface area contributed by atoms with Crippen molar-refractivity contribution in [2.24, 2.45) is 17.8 Å². The van der Waals surface area contributed by atoms with Gasteiger partial charge in [-0.3, -0.25) is 4.79 Å². The summed E-state index contributed by atoms with van der Waals surface area (Å²) in [6, 6.07) is -0.0325. The lowest BCUT2D eigenvalue weighted by atomic mass is 9.92. The topological polar surface area (TPSA) is 69.6 Å². The van der Waals surface area contributed by atoms with Gasteiger partial charge in [-0.15, -0.1) is 0 Å². The van der Waals surface area contributed by atoms with Gasteiger partial charge in [0.2, 0.25) is 0 Å². The van der Waals surface area contributed by atoms with E-state index in [1.165, 1.54) is 12.8 Å². The number of carbonyl (C=O) groups excluding carboxylic acids is 1. The first-order valence-electron chi connectivity index (χ1n) is 7.26. The fraction of sp³-hybridized carbons (Fsp3) is 0.857. The molecule has 0 radical (unpaired) electrons. The molecule has 0 aromatic heterocycles. The lowest BCUT2D eigenvalue weighted by Crippen LogP contribution is -2.50. The average molecular weight is 268 g/mol. The molecule has 3 atom stereocenters. The van der Waals surface area contributed by atoms with Gasteiger partial charge in [-0.25, -0.2) is 4.79 Å². The van der Waals surface area contributed by atoms with Crippen LogP contribution in [0.25, 0.3) is 0 Å². The Morgan fingerprint density at radius 1 is 1.37 bits per heavy atom. The summed E-state index contributed by atoms with van der Waals surface area (Å²) in [4.78, 5) is 24.8. The Balaban J connectivity index is 1.77. The van der Waals surface area contributed by atoms with Crippen molar-refractivity contribution >= 4 is 12.0 Å². The number of nitrogens with one attached hydrogen (secondary N) is 1. The normalized spacial score (nSPS) is 28.8. The third kappa shape index (κ3) is 3.61. The summed E-state index contributed by atoms with van der Waals surface area (Å²) in [6.45, 7) is 5.38. The van der Waals surface area contributed by atoms with Gasteiger partial charge >= 0.3 is 12.0 Å². The van der Waals surface area contributed by atoms with Crippen LogP contribution >= 0.6 is 0 Å². The molecule has 1 saturated carbocycles. The van der Waals surface area contributed by atoms with Gasteiger partial charge in [0.1, 0.15) is 0 Å². The number of hydrogen-bond donors (Lipinski definition) is 2. The molecule has 0 spiro atoms. The van der Waals surface area contributed by atoms with Crippen LogP contribution in [0.3, 0.4) is 0 Å². The van der Waals surface area contributed by atoms with Gasteiger partial charge in [0.05, 0.1) is 5.92 Å². The molecule has 2 rings (SSSR count). The number of nitrogens with zero attached hydrogens (tertiary/aromatic N) is 1. The molecule has 2 N–H and O–H groups in total. The fourth-order valence-corrected chi connectivity index (χ4v) is 2.88. The van der Waals surface area contributed by atoms with Gasteiger partial charge in [0.15, 0.2) is 0 Å².